The number of carboxylic acid groups (broad SMARTS) is 1. The number of benzene rings is 1. The minimum atomic E-state index is -5.08. The zero-order valence-corrected chi connectivity index (χ0v) is 17.1. The molecule has 2 atom stereocenters. The first-order valence-electron chi connectivity index (χ1n) is 9.99. The highest BCUT2D eigenvalue weighted by atomic mass is 19.4. The number of carboxylic acids is 1. The van der Waals surface area contributed by atoms with Gasteiger partial charge in [0.05, 0.1) is 12.5 Å². The van der Waals surface area contributed by atoms with Crippen LogP contribution in [0, 0.1) is 5.92 Å². The predicted molar refractivity (Wildman–Crippen MR) is 111 cm³/mol. The first kappa shape index (κ1) is 21.9. The van der Waals surface area contributed by atoms with Crippen LogP contribution in [0.25, 0.3) is 22.1 Å². The molecule has 0 amide bonds. The number of nitrogens with zero attached hydrogens (tertiary/aromatic N) is 3. The van der Waals surface area contributed by atoms with Crippen LogP contribution in [-0.2, 0) is 4.79 Å². The van der Waals surface area contributed by atoms with E-state index in [1.807, 2.05) is 18.2 Å². The number of furan rings is 1. The van der Waals surface area contributed by atoms with E-state index in [0.29, 0.717) is 17.5 Å². The third-order valence-corrected chi connectivity index (χ3v) is 5.66. The molecule has 2 aromatic heterocycles. The van der Waals surface area contributed by atoms with E-state index in [9.17, 15) is 13.2 Å². The summed E-state index contributed by atoms with van der Waals surface area (Å²) in [6.45, 7) is 3.00. The van der Waals surface area contributed by atoms with Crippen molar-refractivity contribution in [2.45, 2.75) is 25.1 Å². The molecule has 5 rings (SSSR count). The molecule has 3 aromatic rings. The van der Waals surface area contributed by atoms with Crippen molar-refractivity contribution in [2.24, 2.45) is 5.92 Å². The van der Waals surface area contributed by atoms with E-state index < -0.39 is 12.1 Å². The maximum absolute atomic E-state index is 10.6. The summed E-state index contributed by atoms with van der Waals surface area (Å²) in [5.74, 6) is -0.257. The van der Waals surface area contributed by atoms with E-state index in [0.717, 1.165) is 47.7 Å². The number of anilines is 2. The molecule has 2 fully saturated rings. The zero-order valence-electron chi connectivity index (χ0n) is 17.1. The van der Waals surface area contributed by atoms with Gasteiger partial charge >= 0.3 is 12.1 Å². The SMILES string of the molecule is COc1ccc2oc3c(N4C[C@H]5CCCN[C@H]5C4)nc(N)nc3c2c1.O=C(O)C(F)(F)F. The normalized spacial score (nSPS) is 20.7. The molecule has 1 aromatic carbocycles. The Morgan fingerprint density at radius 1 is 1.34 bits per heavy atom. The first-order chi connectivity index (χ1) is 15.2. The van der Waals surface area contributed by atoms with E-state index in [2.05, 4.69) is 20.2 Å². The van der Waals surface area contributed by atoms with Crippen LogP contribution in [0.1, 0.15) is 12.8 Å². The van der Waals surface area contributed by atoms with Gasteiger partial charge in [-0.2, -0.15) is 18.2 Å². The Morgan fingerprint density at radius 3 is 2.75 bits per heavy atom. The summed E-state index contributed by atoms with van der Waals surface area (Å²) < 4.78 is 43.2. The summed E-state index contributed by atoms with van der Waals surface area (Å²) in [5.41, 5.74) is 8.25. The Kier molecular flexibility index (Phi) is 5.71. The van der Waals surface area contributed by atoms with Crippen molar-refractivity contribution in [1.29, 1.82) is 0 Å². The number of hydrogen-bond acceptors (Lipinski definition) is 8. The number of halogens is 3. The average Bonchev–Trinajstić information content (AvgIpc) is 3.34. The lowest BCUT2D eigenvalue weighted by Gasteiger charge is -2.24. The number of aliphatic carboxylic acids is 1. The fraction of sp³-hybridized carbons (Fsp3) is 0.450. The quantitative estimate of drug-likeness (QED) is 0.537. The Hall–Kier alpha value is -3.28. The summed E-state index contributed by atoms with van der Waals surface area (Å²) in [7, 11) is 1.65. The molecule has 0 radical (unpaired) electrons. The zero-order chi connectivity index (χ0) is 23.0. The van der Waals surface area contributed by atoms with Gasteiger partial charge in [-0.3, -0.25) is 0 Å². The lowest BCUT2D eigenvalue weighted by molar-refractivity contribution is -0.192. The molecule has 2 saturated heterocycles. The van der Waals surface area contributed by atoms with Gasteiger partial charge in [0.15, 0.2) is 11.4 Å². The van der Waals surface area contributed by atoms with Crippen molar-refractivity contribution in [2.75, 3.05) is 37.4 Å². The number of rotatable bonds is 2. The molecule has 2 aliphatic rings. The second-order valence-electron chi connectivity index (χ2n) is 7.72. The smallest absolute Gasteiger partial charge is 0.490 e. The van der Waals surface area contributed by atoms with Crippen LogP contribution in [0.3, 0.4) is 0 Å². The number of nitrogens with one attached hydrogen (secondary N) is 1. The van der Waals surface area contributed by atoms with Crippen molar-refractivity contribution in [3.8, 4) is 5.75 Å². The fourth-order valence-corrected chi connectivity index (χ4v) is 4.19. The van der Waals surface area contributed by atoms with Crippen molar-refractivity contribution >= 4 is 39.8 Å². The molecular formula is C20H22F3N5O4. The number of hydrogen-bond donors (Lipinski definition) is 3. The number of fused-ring (bicyclic) bond motifs is 4. The molecule has 172 valence electrons. The number of aromatic nitrogens is 2. The molecule has 0 bridgehead atoms. The van der Waals surface area contributed by atoms with Crippen LogP contribution in [0.2, 0.25) is 0 Å². The number of ether oxygens (including phenoxy) is 1. The molecule has 4 heterocycles. The van der Waals surface area contributed by atoms with Gasteiger partial charge in [0, 0.05) is 19.1 Å². The first-order valence-corrected chi connectivity index (χ1v) is 9.99. The highest BCUT2D eigenvalue weighted by Gasteiger charge is 2.38. The Balaban J connectivity index is 0.000000307. The maximum Gasteiger partial charge on any atom is 0.490 e. The van der Waals surface area contributed by atoms with Gasteiger partial charge in [-0.05, 0) is 43.5 Å². The van der Waals surface area contributed by atoms with Crippen LogP contribution >= 0.6 is 0 Å². The van der Waals surface area contributed by atoms with E-state index in [1.165, 1.54) is 12.8 Å². The Labute approximate surface area is 180 Å². The molecule has 0 aliphatic carbocycles. The number of piperidine rings is 1. The van der Waals surface area contributed by atoms with Gasteiger partial charge in [0.2, 0.25) is 5.95 Å². The topological polar surface area (TPSA) is 127 Å². The maximum atomic E-state index is 10.6. The highest BCUT2D eigenvalue weighted by molar-refractivity contribution is 6.06. The number of alkyl halides is 3. The third-order valence-electron chi connectivity index (χ3n) is 5.66. The van der Waals surface area contributed by atoms with Gasteiger partial charge in [0.25, 0.3) is 0 Å². The van der Waals surface area contributed by atoms with Crippen molar-refractivity contribution in [3.63, 3.8) is 0 Å². The molecule has 0 spiro atoms. The van der Waals surface area contributed by atoms with Crippen LogP contribution in [0.5, 0.6) is 5.75 Å². The number of nitrogen functional groups attached to an aromatic ring is 1. The van der Waals surface area contributed by atoms with Crippen LogP contribution in [0.4, 0.5) is 24.9 Å². The highest BCUT2D eigenvalue weighted by Crippen LogP contribution is 2.37. The molecule has 12 heteroatoms. The minimum Gasteiger partial charge on any atom is -0.497 e. The third kappa shape index (κ3) is 4.22. The van der Waals surface area contributed by atoms with Crippen LogP contribution < -0.4 is 20.7 Å². The van der Waals surface area contributed by atoms with E-state index in [1.54, 1.807) is 7.11 Å². The summed E-state index contributed by atoms with van der Waals surface area (Å²) in [4.78, 5) is 20.1. The van der Waals surface area contributed by atoms with Gasteiger partial charge in [0.1, 0.15) is 16.8 Å². The summed E-state index contributed by atoms with van der Waals surface area (Å²) >= 11 is 0. The summed E-state index contributed by atoms with van der Waals surface area (Å²) in [6, 6.07) is 6.24. The Bertz CT molecular complexity index is 1140. The molecule has 0 unspecified atom stereocenters. The van der Waals surface area contributed by atoms with Crippen molar-refractivity contribution in [3.05, 3.63) is 18.2 Å². The van der Waals surface area contributed by atoms with Gasteiger partial charge in [-0.15, -0.1) is 0 Å². The Morgan fingerprint density at radius 2 is 2.09 bits per heavy atom. The predicted octanol–water partition coefficient (Wildman–Crippen LogP) is 2.79. The van der Waals surface area contributed by atoms with Crippen molar-refractivity contribution < 1.29 is 32.2 Å². The standard InChI is InChI=1S/C18H21N5O2.C2HF3O2/c1-24-11-4-5-14-12(7-11)15-16(25-14)17(22-18(19)21-15)23-8-10-3-2-6-20-13(10)9-23;3-2(4,5)1(6)7/h4-5,7,10,13,20H,2-3,6,8-9H2,1H3,(H2,19,21,22);(H,6,7)/t10-,13+;/m1./s1. The fourth-order valence-electron chi connectivity index (χ4n) is 4.19. The number of methoxy groups -OCH3 is 1. The second-order valence-corrected chi connectivity index (χ2v) is 7.72. The molecule has 4 N–H and O–H groups in total. The molecule has 32 heavy (non-hydrogen) atoms. The van der Waals surface area contributed by atoms with Crippen LogP contribution in [-0.4, -0.2) is 60.0 Å². The second kappa shape index (κ2) is 8.34. The summed E-state index contributed by atoms with van der Waals surface area (Å²) in [6.07, 6.45) is -2.59. The van der Waals surface area contributed by atoms with Crippen molar-refractivity contribution in [1.82, 2.24) is 15.3 Å². The van der Waals surface area contributed by atoms with E-state index in [-0.39, 0.29) is 5.95 Å². The van der Waals surface area contributed by atoms with E-state index in [4.69, 9.17) is 24.8 Å². The molecule has 0 saturated carbocycles. The minimum absolute atomic E-state index is 0.274. The molecular weight excluding hydrogens is 431 g/mol. The van der Waals surface area contributed by atoms with Gasteiger partial charge < -0.3 is 30.2 Å². The monoisotopic (exact) mass is 453 g/mol. The van der Waals surface area contributed by atoms with Gasteiger partial charge in [-0.1, -0.05) is 0 Å². The summed E-state index contributed by atoms with van der Waals surface area (Å²) in [5, 5.41) is 11.6. The van der Waals surface area contributed by atoms with Crippen LogP contribution in [0.15, 0.2) is 22.6 Å². The number of nitrogens with two attached hydrogens (primary N) is 1. The lowest BCUT2D eigenvalue weighted by atomic mass is 9.94. The largest absolute Gasteiger partial charge is 0.497 e. The lowest BCUT2D eigenvalue weighted by Crippen LogP contribution is -2.40. The molecule has 2 aliphatic heterocycles. The molecule has 9 nitrogen and oxygen atoms in total. The number of carbonyl (C=O) groups is 1. The van der Waals surface area contributed by atoms with E-state index >= 15 is 0 Å². The van der Waals surface area contributed by atoms with Gasteiger partial charge in [-0.25, -0.2) is 9.78 Å². The average molecular weight is 453 g/mol.